The van der Waals surface area contributed by atoms with Crippen LogP contribution in [0.25, 0.3) is 0 Å². The number of rotatable bonds is 2. The second-order valence-corrected chi connectivity index (χ2v) is 4.52. The number of halogens is 2. The summed E-state index contributed by atoms with van der Waals surface area (Å²) in [5, 5.41) is 0.374. The van der Waals surface area contributed by atoms with Gasteiger partial charge in [0.05, 0.1) is 5.02 Å². The molecular weight excluding hydrogens is 229 g/mol. The quantitative estimate of drug-likeness (QED) is 0.574. The SMILES string of the molecule is Cc1ccc(F)c(C2(N=C=O)CCC2)c1Cl. The summed E-state index contributed by atoms with van der Waals surface area (Å²) in [4.78, 5) is 14.2. The first-order valence-corrected chi connectivity index (χ1v) is 5.53. The molecule has 0 bridgehead atoms. The summed E-state index contributed by atoms with van der Waals surface area (Å²) < 4.78 is 13.8. The summed E-state index contributed by atoms with van der Waals surface area (Å²) >= 11 is 6.10. The molecule has 1 aliphatic carbocycles. The fourth-order valence-electron chi connectivity index (χ4n) is 2.10. The number of aliphatic imine (C=N–C) groups is 1. The zero-order valence-corrected chi connectivity index (χ0v) is 9.64. The highest BCUT2D eigenvalue weighted by molar-refractivity contribution is 6.32. The summed E-state index contributed by atoms with van der Waals surface area (Å²) in [6, 6.07) is 3.00. The Kier molecular flexibility index (Phi) is 2.83. The third-order valence-electron chi connectivity index (χ3n) is 3.19. The molecule has 0 amide bonds. The van der Waals surface area contributed by atoms with Gasteiger partial charge in [-0.25, -0.2) is 9.18 Å². The Hall–Kier alpha value is -1.18. The van der Waals surface area contributed by atoms with Crippen molar-refractivity contribution < 1.29 is 9.18 Å². The van der Waals surface area contributed by atoms with E-state index in [0.717, 1.165) is 12.0 Å². The Bertz CT molecular complexity index is 476. The first kappa shape index (κ1) is 11.3. The number of isocyanates is 1. The van der Waals surface area contributed by atoms with Crippen molar-refractivity contribution in [3.8, 4) is 0 Å². The maximum Gasteiger partial charge on any atom is 0.235 e. The van der Waals surface area contributed by atoms with Gasteiger partial charge in [-0.2, -0.15) is 4.99 Å². The average molecular weight is 240 g/mol. The van der Waals surface area contributed by atoms with Gasteiger partial charge in [-0.05, 0) is 37.8 Å². The minimum atomic E-state index is -0.769. The van der Waals surface area contributed by atoms with E-state index in [-0.39, 0.29) is 0 Å². The Balaban J connectivity index is 2.62. The number of aryl methyl sites for hydroxylation is 1. The molecule has 4 heteroatoms. The molecule has 0 saturated heterocycles. The standard InChI is InChI=1S/C12H11ClFNO/c1-8-3-4-9(14)10(11(8)13)12(15-7-16)5-2-6-12/h3-4H,2,5-6H2,1H3. The summed E-state index contributed by atoms with van der Waals surface area (Å²) in [7, 11) is 0. The van der Waals surface area contributed by atoms with Crippen LogP contribution >= 0.6 is 11.6 Å². The molecule has 0 aliphatic heterocycles. The van der Waals surface area contributed by atoms with Crippen molar-refractivity contribution in [1.82, 2.24) is 0 Å². The predicted molar refractivity (Wildman–Crippen MR) is 59.8 cm³/mol. The maximum absolute atomic E-state index is 13.8. The van der Waals surface area contributed by atoms with E-state index in [0.29, 0.717) is 23.4 Å². The smallest absolute Gasteiger partial charge is 0.211 e. The molecule has 2 nitrogen and oxygen atoms in total. The molecule has 0 N–H and O–H groups in total. The van der Waals surface area contributed by atoms with Gasteiger partial charge in [0.15, 0.2) is 0 Å². The normalized spacial score (nSPS) is 17.4. The van der Waals surface area contributed by atoms with Crippen molar-refractivity contribution in [3.63, 3.8) is 0 Å². The highest BCUT2D eigenvalue weighted by atomic mass is 35.5. The third kappa shape index (κ3) is 1.57. The van der Waals surface area contributed by atoms with E-state index in [1.165, 1.54) is 12.1 Å². The molecule has 1 fully saturated rings. The lowest BCUT2D eigenvalue weighted by Crippen LogP contribution is -2.33. The van der Waals surface area contributed by atoms with Gasteiger partial charge in [0.1, 0.15) is 11.4 Å². The van der Waals surface area contributed by atoms with E-state index in [9.17, 15) is 9.18 Å². The number of hydrogen-bond acceptors (Lipinski definition) is 2. The molecule has 84 valence electrons. The summed E-state index contributed by atoms with van der Waals surface area (Å²) in [5.41, 5.74) is 0.379. The topological polar surface area (TPSA) is 29.4 Å². The van der Waals surface area contributed by atoms with Crippen molar-refractivity contribution in [2.24, 2.45) is 4.99 Å². The van der Waals surface area contributed by atoms with Gasteiger partial charge in [-0.3, -0.25) is 0 Å². The molecule has 0 heterocycles. The van der Waals surface area contributed by atoms with Crippen LogP contribution in [-0.2, 0) is 10.3 Å². The molecule has 0 radical (unpaired) electrons. The number of nitrogens with zero attached hydrogens (tertiary/aromatic N) is 1. The van der Waals surface area contributed by atoms with Gasteiger partial charge >= 0.3 is 0 Å². The Morgan fingerprint density at radius 2 is 2.19 bits per heavy atom. The van der Waals surface area contributed by atoms with Gasteiger partial charge in [-0.1, -0.05) is 17.7 Å². The van der Waals surface area contributed by atoms with Gasteiger partial charge < -0.3 is 0 Å². The highest BCUT2D eigenvalue weighted by Crippen LogP contribution is 2.48. The van der Waals surface area contributed by atoms with Crippen molar-refractivity contribution in [3.05, 3.63) is 34.1 Å². The molecule has 0 atom stereocenters. The fraction of sp³-hybridized carbons (Fsp3) is 0.417. The van der Waals surface area contributed by atoms with Gasteiger partial charge in [0, 0.05) is 5.56 Å². The number of benzene rings is 1. The van der Waals surface area contributed by atoms with Crippen LogP contribution in [0.5, 0.6) is 0 Å². The maximum atomic E-state index is 13.8. The van der Waals surface area contributed by atoms with Gasteiger partial charge in [0.25, 0.3) is 0 Å². The summed E-state index contributed by atoms with van der Waals surface area (Å²) in [5.74, 6) is -0.394. The van der Waals surface area contributed by atoms with Crippen molar-refractivity contribution in [2.45, 2.75) is 31.7 Å². The van der Waals surface area contributed by atoms with Crippen LogP contribution in [0.2, 0.25) is 5.02 Å². The van der Waals surface area contributed by atoms with E-state index in [4.69, 9.17) is 11.6 Å². The largest absolute Gasteiger partial charge is 0.235 e. The lowest BCUT2D eigenvalue weighted by molar-refractivity contribution is 0.247. The van der Waals surface area contributed by atoms with E-state index < -0.39 is 11.4 Å². The first-order valence-electron chi connectivity index (χ1n) is 5.15. The second-order valence-electron chi connectivity index (χ2n) is 4.14. The van der Waals surface area contributed by atoms with Crippen LogP contribution in [0, 0.1) is 12.7 Å². The molecule has 16 heavy (non-hydrogen) atoms. The van der Waals surface area contributed by atoms with Crippen LogP contribution in [0.1, 0.15) is 30.4 Å². The molecule has 0 unspecified atom stereocenters. The fourth-order valence-corrected chi connectivity index (χ4v) is 2.43. The molecular formula is C12H11ClFNO. The van der Waals surface area contributed by atoms with E-state index >= 15 is 0 Å². The number of carbonyl (C=O) groups excluding carboxylic acids is 1. The molecule has 1 aromatic rings. The van der Waals surface area contributed by atoms with Crippen LogP contribution in [0.3, 0.4) is 0 Å². The Labute approximate surface area is 98.1 Å². The van der Waals surface area contributed by atoms with E-state index in [2.05, 4.69) is 4.99 Å². The molecule has 0 aromatic heterocycles. The minimum absolute atomic E-state index is 0.351. The summed E-state index contributed by atoms with van der Waals surface area (Å²) in [6.45, 7) is 1.81. The number of hydrogen-bond donors (Lipinski definition) is 0. The zero-order valence-electron chi connectivity index (χ0n) is 8.89. The van der Waals surface area contributed by atoms with Crippen molar-refractivity contribution in [2.75, 3.05) is 0 Å². The van der Waals surface area contributed by atoms with E-state index in [1.54, 1.807) is 6.07 Å². The lowest BCUT2D eigenvalue weighted by atomic mass is 9.72. The van der Waals surface area contributed by atoms with Crippen LogP contribution in [0.15, 0.2) is 17.1 Å². The van der Waals surface area contributed by atoms with Crippen LogP contribution < -0.4 is 0 Å². The monoisotopic (exact) mass is 239 g/mol. The lowest BCUT2D eigenvalue weighted by Gasteiger charge is -2.38. The minimum Gasteiger partial charge on any atom is -0.211 e. The van der Waals surface area contributed by atoms with Gasteiger partial charge in [0.2, 0.25) is 6.08 Å². The average Bonchev–Trinajstić information content (AvgIpc) is 2.20. The molecule has 2 rings (SSSR count). The molecule has 0 spiro atoms. The second kappa shape index (κ2) is 4.00. The highest BCUT2D eigenvalue weighted by Gasteiger charge is 2.42. The summed E-state index contributed by atoms with van der Waals surface area (Å²) in [6.07, 6.45) is 3.77. The Morgan fingerprint density at radius 1 is 1.50 bits per heavy atom. The van der Waals surface area contributed by atoms with E-state index in [1.807, 2.05) is 6.92 Å². The van der Waals surface area contributed by atoms with Crippen molar-refractivity contribution >= 4 is 17.7 Å². The van der Waals surface area contributed by atoms with Crippen molar-refractivity contribution in [1.29, 1.82) is 0 Å². The zero-order chi connectivity index (χ0) is 11.8. The molecule has 1 aromatic carbocycles. The first-order chi connectivity index (χ1) is 7.60. The Morgan fingerprint density at radius 3 is 2.69 bits per heavy atom. The predicted octanol–water partition coefficient (Wildman–Crippen LogP) is 3.50. The van der Waals surface area contributed by atoms with Crippen LogP contribution in [-0.4, -0.2) is 6.08 Å². The molecule has 1 aliphatic rings. The van der Waals surface area contributed by atoms with Gasteiger partial charge in [-0.15, -0.1) is 0 Å². The van der Waals surface area contributed by atoms with Crippen LogP contribution in [0.4, 0.5) is 4.39 Å². The third-order valence-corrected chi connectivity index (χ3v) is 3.68. The molecule has 1 saturated carbocycles.